The van der Waals surface area contributed by atoms with Crippen molar-refractivity contribution in [1.29, 1.82) is 0 Å². The molecule has 0 radical (unpaired) electrons. The number of nitrogens with one attached hydrogen (secondary N) is 1. The standard InChI is InChI=1S/C8H9F2N.C2H6/c1-11-5-6-2-3-7(9)4-8(6)10;1-2/h2-4,11H,5H2,1H3;1-2H3. The van der Waals surface area contributed by atoms with Gasteiger partial charge in [0.2, 0.25) is 0 Å². The van der Waals surface area contributed by atoms with E-state index < -0.39 is 11.6 Å². The van der Waals surface area contributed by atoms with Gasteiger partial charge >= 0.3 is 0 Å². The van der Waals surface area contributed by atoms with Crippen LogP contribution in [-0.4, -0.2) is 7.05 Å². The van der Waals surface area contributed by atoms with Crippen molar-refractivity contribution in [3.63, 3.8) is 0 Å². The lowest BCUT2D eigenvalue weighted by Gasteiger charge is -2.00. The number of hydrogen-bond acceptors (Lipinski definition) is 1. The Bertz CT molecular complexity index is 249. The van der Waals surface area contributed by atoms with E-state index in [1.54, 1.807) is 7.05 Å². The van der Waals surface area contributed by atoms with Gasteiger partial charge in [-0.15, -0.1) is 0 Å². The molecule has 0 aliphatic rings. The van der Waals surface area contributed by atoms with Gasteiger partial charge < -0.3 is 5.32 Å². The molecule has 0 spiro atoms. The normalized spacial score (nSPS) is 9.00. The first-order chi connectivity index (χ1) is 6.24. The second-order valence-electron chi connectivity index (χ2n) is 2.27. The summed E-state index contributed by atoms with van der Waals surface area (Å²) in [5.41, 5.74) is 0.480. The molecule has 0 atom stereocenters. The van der Waals surface area contributed by atoms with E-state index in [9.17, 15) is 8.78 Å². The lowest BCUT2D eigenvalue weighted by Crippen LogP contribution is -2.06. The van der Waals surface area contributed by atoms with Crippen LogP contribution in [0, 0.1) is 11.6 Å². The van der Waals surface area contributed by atoms with Crippen LogP contribution in [0.3, 0.4) is 0 Å². The van der Waals surface area contributed by atoms with Crippen LogP contribution >= 0.6 is 0 Å². The van der Waals surface area contributed by atoms with Crippen LogP contribution in [-0.2, 0) is 6.54 Å². The topological polar surface area (TPSA) is 12.0 Å². The molecule has 3 heteroatoms. The Hall–Kier alpha value is -0.960. The minimum Gasteiger partial charge on any atom is -0.316 e. The minimum atomic E-state index is -0.539. The third kappa shape index (κ3) is 3.99. The summed E-state index contributed by atoms with van der Waals surface area (Å²) in [6.07, 6.45) is 0. The van der Waals surface area contributed by atoms with Crippen molar-refractivity contribution in [2.45, 2.75) is 20.4 Å². The molecule has 0 saturated heterocycles. The number of halogens is 2. The van der Waals surface area contributed by atoms with E-state index >= 15 is 0 Å². The molecule has 0 aliphatic carbocycles. The van der Waals surface area contributed by atoms with Crippen molar-refractivity contribution in [1.82, 2.24) is 5.32 Å². The third-order valence-corrected chi connectivity index (χ3v) is 1.38. The number of hydrogen-bond donors (Lipinski definition) is 1. The smallest absolute Gasteiger partial charge is 0.130 e. The third-order valence-electron chi connectivity index (χ3n) is 1.38. The Morgan fingerprint density at radius 1 is 1.23 bits per heavy atom. The highest BCUT2D eigenvalue weighted by atomic mass is 19.1. The van der Waals surface area contributed by atoms with Gasteiger partial charge in [0.05, 0.1) is 0 Å². The largest absolute Gasteiger partial charge is 0.316 e. The first-order valence-electron chi connectivity index (χ1n) is 4.32. The van der Waals surface area contributed by atoms with Crippen LogP contribution in [0.1, 0.15) is 19.4 Å². The number of benzene rings is 1. The SMILES string of the molecule is CC.CNCc1ccc(F)cc1F. The van der Waals surface area contributed by atoms with E-state index in [0.29, 0.717) is 12.1 Å². The summed E-state index contributed by atoms with van der Waals surface area (Å²) in [7, 11) is 1.71. The van der Waals surface area contributed by atoms with Gasteiger partial charge in [0.25, 0.3) is 0 Å². The molecule has 0 aromatic heterocycles. The van der Waals surface area contributed by atoms with Crippen molar-refractivity contribution in [2.75, 3.05) is 7.05 Å². The fourth-order valence-electron chi connectivity index (χ4n) is 0.855. The highest BCUT2D eigenvalue weighted by Gasteiger charge is 2.00. The molecule has 0 bridgehead atoms. The molecule has 0 heterocycles. The molecule has 0 unspecified atom stereocenters. The van der Waals surface area contributed by atoms with Crippen LogP contribution in [0.25, 0.3) is 0 Å². The molecule has 0 saturated carbocycles. The first-order valence-corrected chi connectivity index (χ1v) is 4.32. The van der Waals surface area contributed by atoms with E-state index in [4.69, 9.17) is 0 Å². The Balaban J connectivity index is 0.000000671. The van der Waals surface area contributed by atoms with E-state index in [1.807, 2.05) is 13.8 Å². The Morgan fingerprint density at radius 3 is 2.31 bits per heavy atom. The van der Waals surface area contributed by atoms with Crippen LogP contribution in [0.4, 0.5) is 8.78 Å². The van der Waals surface area contributed by atoms with Crippen LogP contribution in [0.5, 0.6) is 0 Å². The van der Waals surface area contributed by atoms with E-state index in [1.165, 1.54) is 12.1 Å². The maximum Gasteiger partial charge on any atom is 0.130 e. The molecule has 0 fully saturated rings. The van der Waals surface area contributed by atoms with E-state index in [2.05, 4.69) is 5.32 Å². The average molecular weight is 187 g/mol. The fraction of sp³-hybridized carbons (Fsp3) is 0.400. The quantitative estimate of drug-likeness (QED) is 0.750. The molecule has 13 heavy (non-hydrogen) atoms. The monoisotopic (exact) mass is 187 g/mol. The highest BCUT2D eigenvalue weighted by molar-refractivity contribution is 5.18. The van der Waals surface area contributed by atoms with Gasteiger partial charge in [-0.1, -0.05) is 19.9 Å². The van der Waals surface area contributed by atoms with Gasteiger partial charge in [0.1, 0.15) is 11.6 Å². The molecule has 1 N–H and O–H groups in total. The summed E-state index contributed by atoms with van der Waals surface area (Å²) in [4.78, 5) is 0. The van der Waals surface area contributed by atoms with Crippen molar-refractivity contribution in [2.24, 2.45) is 0 Å². The second kappa shape index (κ2) is 6.54. The number of rotatable bonds is 2. The summed E-state index contributed by atoms with van der Waals surface area (Å²) >= 11 is 0. The second-order valence-corrected chi connectivity index (χ2v) is 2.27. The van der Waals surface area contributed by atoms with Crippen LogP contribution in [0.15, 0.2) is 18.2 Å². The van der Waals surface area contributed by atoms with Gasteiger partial charge in [-0.25, -0.2) is 8.78 Å². The Kier molecular flexibility index (Phi) is 6.06. The van der Waals surface area contributed by atoms with Crippen molar-refractivity contribution < 1.29 is 8.78 Å². The molecule has 1 aromatic rings. The zero-order valence-corrected chi connectivity index (χ0v) is 8.20. The van der Waals surface area contributed by atoms with Crippen LogP contribution < -0.4 is 5.32 Å². The zero-order valence-electron chi connectivity index (χ0n) is 8.20. The Labute approximate surface area is 77.8 Å². The summed E-state index contributed by atoms with van der Waals surface area (Å²) in [6.45, 7) is 4.42. The zero-order chi connectivity index (χ0) is 10.3. The van der Waals surface area contributed by atoms with Gasteiger partial charge in [-0.3, -0.25) is 0 Å². The van der Waals surface area contributed by atoms with Gasteiger partial charge in [-0.05, 0) is 13.1 Å². The lowest BCUT2D eigenvalue weighted by molar-refractivity contribution is 0.567. The van der Waals surface area contributed by atoms with E-state index in [-0.39, 0.29) is 0 Å². The van der Waals surface area contributed by atoms with E-state index in [0.717, 1.165) is 6.07 Å². The molecule has 0 amide bonds. The molecule has 1 rings (SSSR count). The van der Waals surface area contributed by atoms with Crippen molar-refractivity contribution in [3.8, 4) is 0 Å². The molecule has 1 nitrogen and oxygen atoms in total. The van der Waals surface area contributed by atoms with Crippen LogP contribution in [0.2, 0.25) is 0 Å². The fourth-order valence-corrected chi connectivity index (χ4v) is 0.855. The average Bonchev–Trinajstić information content (AvgIpc) is 2.14. The molecule has 0 aliphatic heterocycles. The predicted molar refractivity (Wildman–Crippen MR) is 50.5 cm³/mol. The summed E-state index contributed by atoms with van der Waals surface area (Å²) in [6, 6.07) is 3.56. The lowest BCUT2D eigenvalue weighted by atomic mass is 10.2. The molecular formula is C10H15F2N. The predicted octanol–water partition coefficient (Wildman–Crippen LogP) is 2.71. The van der Waals surface area contributed by atoms with Gasteiger partial charge in [0, 0.05) is 18.2 Å². The molecular weight excluding hydrogens is 172 g/mol. The summed E-state index contributed by atoms with van der Waals surface area (Å²) in [5.74, 6) is -1.04. The first kappa shape index (κ1) is 12.0. The van der Waals surface area contributed by atoms with Gasteiger partial charge in [-0.2, -0.15) is 0 Å². The van der Waals surface area contributed by atoms with Crippen molar-refractivity contribution in [3.05, 3.63) is 35.4 Å². The summed E-state index contributed by atoms with van der Waals surface area (Å²) in [5, 5.41) is 2.78. The highest BCUT2D eigenvalue weighted by Crippen LogP contribution is 2.08. The minimum absolute atomic E-state index is 0.423. The van der Waals surface area contributed by atoms with Crippen molar-refractivity contribution >= 4 is 0 Å². The molecule has 1 aromatic carbocycles. The summed E-state index contributed by atoms with van der Waals surface area (Å²) < 4.78 is 25.1. The maximum absolute atomic E-state index is 12.8. The Morgan fingerprint density at radius 2 is 1.85 bits per heavy atom. The molecule has 74 valence electrons. The van der Waals surface area contributed by atoms with Gasteiger partial charge in [0.15, 0.2) is 0 Å². The maximum atomic E-state index is 12.8.